The van der Waals surface area contributed by atoms with Gasteiger partial charge < -0.3 is 14.8 Å². The fraction of sp³-hybridized carbons (Fsp3) is 0.538. The molecule has 0 atom stereocenters. The van der Waals surface area contributed by atoms with E-state index in [1.165, 1.54) is 0 Å². The molecule has 0 heterocycles. The van der Waals surface area contributed by atoms with Gasteiger partial charge in [-0.15, -0.1) is 11.6 Å². The second kappa shape index (κ2) is 9.28. The van der Waals surface area contributed by atoms with E-state index < -0.39 is 0 Å². The normalized spacial score (nSPS) is 10.5. The Labute approximate surface area is 108 Å². The maximum atomic E-state index is 5.72. The molecule has 0 unspecified atom stereocenters. The minimum absolute atomic E-state index is 0.563. The van der Waals surface area contributed by atoms with Crippen molar-refractivity contribution in [1.82, 2.24) is 0 Å². The highest BCUT2D eigenvalue weighted by molar-refractivity contribution is 6.17. The number of hydrogen-bond donors (Lipinski definition) is 1. The highest BCUT2D eigenvalue weighted by Crippen LogP contribution is 2.10. The topological polar surface area (TPSA) is 30.5 Å². The zero-order valence-electron chi connectivity index (χ0n) is 10.2. The molecule has 0 aromatic heterocycles. The minimum Gasteiger partial charge on any atom is -0.385 e. The molecule has 0 aliphatic rings. The van der Waals surface area contributed by atoms with Gasteiger partial charge >= 0.3 is 0 Å². The highest BCUT2D eigenvalue weighted by Gasteiger charge is 1.93. The molecular weight excluding hydrogens is 238 g/mol. The average molecular weight is 258 g/mol. The minimum atomic E-state index is 0.563. The molecule has 0 aliphatic carbocycles. The predicted octanol–water partition coefficient (Wildman–Crippen LogP) is 2.89. The largest absolute Gasteiger partial charge is 0.385 e. The number of rotatable bonds is 9. The molecule has 0 radical (unpaired) electrons. The van der Waals surface area contributed by atoms with Crippen LogP contribution in [0, 0.1) is 0 Å². The number of nitrogens with one attached hydrogen (secondary N) is 1. The van der Waals surface area contributed by atoms with Crippen molar-refractivity contribution in [3.05, 3.63) is 29.8 Å². The number of anilines is 1. The lowest BCUT2D eigenvalue weighted by Gasteiger charge is -2.07. The van der Waals surface area contributed by atoms with Crippen LogP contribution in [0.2, 0.25) is 0 Å². The lowest BCUT2D eigenvalue weighted by atomic mass is 10.2. The van der Waals surface area contributed by atoms with Crippen LogP contribution in [0.15, 0.2) is 24.3 Å². The Balaban J connectivity index is 2.05. The monoisotopic (exact) mass is 257 g/mol. The molecule has 1 aromatic rings. The Kier molecular flexibility index (Phi) is 7.80. The van der Waals surface area contributed by atoms with Crippen LogP contribution in [0.25, 0.3) is 0 Å². The van der Waals surface area contributed by atoms with Gasteiger partial charge in [0.05, 0.1) is 13.2 Å². The first kappa shape index (κ1) is 14.3. The van der Waals surface area contributed by atoms with Crippen LogP contribution in [0.5, 0.6) is 0 Å². The van der Waals surface area contributed by atoms with Crippen molar-refractivity contribution in [2.45, 2.75) is 12.3 Å². The summed E-state index contributed by atoms with van der Waals surface area (Å²) in [5.41, 5.74) is 2.26. The van der Waals surface area contributed by atoms with Gasteiger partial charge in [0.1, 0.15) is 0 Å². The Morgan fingerprint density at radius 2 is 1.88 bits per heavy atom. The summed E-state index contributed by atoms with van der Waals surface area (Å²) in [5, 5.41) is 3.33. The number of halogens is 1. The van der Waals surface area contributed by atoms with Gasteiger partial charge in [0.15, 0.2) is 0 Å². The van der Waals surface area contributed by atoms with Crippen molar-refractivity contribution in [2.24, 2.45) is 0 Å². The van der Waals surface area contributed by atoms with Crippen LogP contribution < -0.4 is 5.32 Å². The number of ether oxygens (including phenoxy) is 2. The van der Waals surface area contributed by atoms with Crippen molar-refractivity contribution in [2.75, 3.05) is 38.8 Å². The van der Waals surface area contributed by atoms with E-state index in [-0.39, 0.29) is 0 Å². The van der Waals surface area contributed by atoms with Gasteiger partial charge in [-0.05, 0) is 24.1 Å². The van der Waals surface area contributed by atoms with Crippen molar-refractivity contribution in [3.63, 3.8) is 0 Å². The van der Waals surface area contributed by atoms with Crippen LogP contribution in [0.3, 0.4) is 0 Å². The van der Waals surface area contributed by atoms with Crippen molar-refractivity contribution >= 4 is 17.3 Å². The number of hydrogen-bond acceptors (Lipinski definition) is 3. The molecule has 0 bridgehead atoms. The average Bonchev–Trinajstić information content (AvgIpc) is 2.38. The fourth-order valence-electron chi connectivity index (χ4n) is 1.36. The van der Waals surface area contributed by atoms with E-state index in [0.717, 1.165) is 30.8 Å². The van der Waals surface area contributed by atoms with Gasteiger partial charge in [-0.2, -0.15) is 0 Å². The molecule has 0 fully saturated rings. The molecule has 0 amide bonds. The van der Waals surface area contributed by atoms with Crippen molar-refractivity contribution in [1.29, 1.82) is 0 Å². The summed E-state index contributed by atoms with van der Waals surface area (Å²) in [6, 6.07) is 8.15. The smallest absolute Gasteiger partial charge is 0.0700 e. The number of alkyl halides is 1. The van der Waals surface area contributed by atoms with Crippen LogP contribution >= 0.6 is 11.6 Å². The van der Waals surface area contributed by atoms with Gasteiger partial charge in [-0.1, -0.05) is 12.1 Å². The maximum Gasteiger partial charge on any atom is 0.0700 e. The van der Waals surface area contributed by atoms with Crippen LogP contribution in [-0.2, 0) is 15.4 Å². The summed E-state index contributed by atoms with van der Waals surface area (Å²) in [6.07, 6.45) is 0.987. The Hall–Kier alpha value is -0.770. The van der Waals surface area contributed by atoms with E-state index in [4.69, 9.17) is 21.1 Å². The predicted molar refractivity (Wildman–Crippen MR) is 71.8 cm³/mol. The van der Waals surface area contributed by atoms with Crippen LogP contribution in [-0.4, -0.2) is 33.5 Å². The Morgan fingerprint density at radius 1 is 1.12 bits per heavy atom. The zero-order valence-corrected chi connectivity index (χ0v) is 11.0. The first-order chi connectivity index (χ1) is 8.36. The third kappa shape index (κ3) is 6.51. The summed E-state index contributed by atoms with van der Waals surface area (Å²) in [6.45, 7) is 3.00. The van der Waals surface area contributed by atoms with Gasteiger partial charge in [-0.3, -0.25) is 0 Å². The van der Waals surface area contributed by atoms with Crippen LogP contribution in [0.1, 0.15) is 12.0 Å². The molecule has 1 aromatic carbocycles. The van der Waals surface area contributed by atoms with Crippen molar-refractivity contribution in [3.8, 4) is 0 Å². The standard InChI is InChI=1S/C13H20ClNO2/c1-16-9-10-17-8-2-7-15-13-5-3-12(11-14)4-6-13/h3-6,15H,2,7-11H2,1H3. The summed E-state index contributed by atoms with van der Waals surface area (Å²) >= 11 is 5.72. The lowest BCUT2D eigenvalue weighted by Crippen LogP contribution is -2.08. The van der Waals surface area contributed by atoms with Gasteiger partial charge in [0.25, 0.3) is 0 Å². The zero-order chi connectivity index (χ0) is 12.3. The Bertz CT molecular complexity index is 290. The molecule has 3 nitrogen and oxygen atoms in total. The second-order valence-electron chi connectivity index (χ2n) is 3.72. The van der Waals surface area contributed by atoms with E-state index in [0.29, 0.717) is 19.1 Å². The summed E-state index contributed by atoms with van der Waals surface area (Å²) in [4.78, 5) is 0. The first-order valence-corrected chi connectivity index (χ1v) is 6.35. The first-order valence-electron chi connectivity index (χ1n) is 5.82. The summed E-state index contributed by atoms with van der Waals surface area (Å²) < 4.78 is 10.3. The molecule has 17 heavy (non-hydrogen) atoms. The van der Waals surface area contributed by atoms with E-state index in [1.54, 1.807) is 7.11 Å². The molecule has 0 aliphatic heterocycles. The quantitative estimate of drug-likeness (QED) is 0.545. The number of methoxy groups -OCH3 is 1. The molecule has 1 N–H and O–H groups in total. The molecule has 96 valence electrons. The third-order valence-electron chi connectivity index (χ3n) is 2.33. The van der Waals surface area contributed by atoms with E-state index >= 15 is 0 Å². The second-order valence-corrected chi connectivity index (χ2v) is 3.98. The van der Waals surface area contributed by atoms with Crippen molar-refractivity contribution < 1.29 is 9.47 Å². The molecule has 4 heteroatoms. The van der Waals surface area contributed by atoms with Gasteiger partial charge in [0.2, 0.25) is 0 Å². The molecule has 0 spiro atoms. The van der Waals surface area contributed by atoms with Gasteiger partial charge in [0, 0.05) is 31.8 Å². The maximum absolute atomic E-state index is 5.72. The summed E-state index contributed by atoms with van der Waals surface area (Å²) in [7, 11) is 1.68. The summed E-state index contributed by atoms with van der Waals surface area (Å²) in [5.74, 6) is 0.563. The molecule has 0 saturated carbocycles. The molecule has 0 saturated heterocycles. The highest BCUT2D eigenvalue weighted by atomic mass is 35.5. The molecular formula is C13H20ClNO2. The van der Waals surface area contributed by atoms with E-state index in [2.05, 4.69) is 5.32 Å². The van der Waals surface area contributed by atoms with E-state index in [9.17, 15) is 0 Å². The Morgan fingerprint density at radius 3 is 2.53 bits per heavy atom. The molecule has 1 rings (SSSR count). The van der Waals surface area contributed by atoms with Gasteiger partial charge in [-0.25, -0.2) is 0 Å². The third-order valence-corrected chi connectivity index (χ3v) is 2.64. The number of benzene rings is 1. The SMILES string of the molecule is COCCOCCCNc1ccc(CCl)cc1. The lowest BCUT2D eigenvalue weighted by molar-refractivity contribution is 0.0705. The van der Waals surface area contributed by atoms with E-state index in [1.807, 2.05) is 24.3 Å². The fourth-order valence-corrected chi connectivity index (χ4v) is 1.54. The van der Waals surface area contributed by atoms with Crippen LogP contribution in [0.4, 0.5) is 5.69 Å².